The summed E-state index contributed by atoms with van der Waals surface area (Å²) in [5, 5.41) is 25.9. The van der Waals surface area contributed by atoms with Crippen LogP contribution in [0.1, 0.15) is 90.4 Å². The van der Waals surface area contributed by atoms with Crippen LogP contribution in [0.5, 0.6) is 0 Å². The number of nitrogens with two attached hydrogens (primary N) is 1. The van der Waals surface area contributed by atoms with Crippen molar-refractivity contribution in [3.63, 3.8) is 0 Å². The number of ether oxygens (including phenoxy) is 1. The van der Waals surface area contributed by atoms with Crippen LogP contribution in [0.2, 0.25) is 0 Å². The zero-order valence-electron chi connectivity index (χ0n) is 20.2. The summed E-state index contributed by atoms with van der Waals surface area (Å²) in [7, 11) is 0. The van der Waals surface area contributed by atoms with Crippen molar-refractivity contribution in [1.29, 1.82) is 0 Å². The highest BCUT2D eigenvalue weighted by Crippen LogP contribution is 2.12. The van der Waals surface area contributed by atoms with Gasteiger partial charge in [-0.05, 0) is 31.3 Å². The fourth-order valence-electron chi connectivity index (χ4n) is 2.75. The van der Waals surface area contributed by atoms with Gasteiger partial charge >= 0.3 is 11.9 Å². The van der Waals surface area contributed by atoms with Crippen LogP contribution in [0, 0.1) is 0 Å². The predicted octanol–water partition coefficient (Wildman–Crippen LogP) is 4.29. The van der Waals surface area contributed by atoms with Gasteiger partial charge in [0.2, 0.25) is 0 Å². The highest BCUT2D eigenvalue weighted by Gasteiger charge is 2.09. The molecule has 0 aromatic rings. The van der Waals surface area contributed by atoms with Crippen molar-refractivity contribution in [2.75, 3.05) is 25.2 Å². The molecule has 5 N–H and O–H groups in total. The molecule has 0 aromatic heterocycles. The molecule has 0 rings (SSSR count). The molecule has 0 radical (unpaired) electrons. The molecule has 0 aromatic carbocycles. The number of aliphatic hydroxyl groups is 2. The molecule has 2 atom stereocenters. The SMILES string of the molecule is CCCCCCCCCCCCCC=CC(=O)OCC(O)CO.CSCC[C@H](N)C(=O)O. The molecular formula is C24H47NO6S. The number of unbranched alkanes of at least 4 members (excludes halogenated alkanes) is 11. The van der Waals surface area contributed by atoms with Gasteiger partial charge in [0.25, 0.3) is 0 Å². The minimum Gasteiger partial charge on any atom is -0.480 e. The summed E-state index contributed by atoms with van der Waals surface area (Å²) in [5.41, 5.74) is 5.19. The van der Waals surface area contributed by atoms with E-state index >= 15 is 0 Å². The minimum atomic E-state index is -0.987. The number of carbonyl (C=O) groups is 2. The third kappa shape index (κ3) is 26.9. The second kappa shape index (κ2) is 26.2. The molecule has 0 aliphatic heterocycles. The van der Waals surface area contributed by atoms with E-state index in [4.69, 9.17) is 25.8 Å². The lowest BCUT2D eigenvalue weighted by Crippen LogP contribution is -2.30. The van der Waals surface area contributed by atoms with Crippen molar-refractivity contribution in [2.45, 2.75) is 103 Å². The summed E-state index contributed by atoms with van der Waals surface area (Å²) in [6.07, 6.45) is 20.1. The number of thioether (sulfide) groups is 1. The number of allylic oxidation sites excluding steroid dienone is 1. The molecule has 8 heteroatoms. The number of carboxylic acid groups (broad SMARTS) is 1. The van der Waals surface area contributed by atoms with Crippen LogP contribution < -0.4 is 5.73 Å². The van der Waals surface area contributed by atoms with E-state index in [1.54, 1.807) is 11.8 Å². The van der Waals surface area contributed by atoms with Gasteiger partial charge in [-0.1, -0.05) is 77.2 Å². The maximum Gasteiger partial charge on any atom is 0.330 e. The average molecular weight is 478 g/mol. The van der Waals surface area contributed by atoms with Crippen LogP contribution in [0.25, 0.3) is 0 Å². The first-order chi connectivity index (χ1) is 15.4. The zero-order valence-corrected chi connectivity index (χ0v) is 21.0. The number of hydrogen-bond donors (Lipinski definition) is 4. The zero-order chi connectivity index (χ0) is 24.5. The molecule has 0 aliphatic rings. The predicted molar refractivity (Wildman–Crippen MR) is 133 cm³/mol. The number of carbonyl (C=O) groups excluding carboxylic acids is 1. The summed E-state index contributed by atoms with van der Waals surface area (Å²) < 4.78 is 4.77. The second-order valence-electron chi connectivity index (χ2n) is 7.92. The first-order valence-electron chi connectivity index (χ1n) is 12.0. The minimum absolute atomic E-state index is 0.155. The summed E-state index contributed by atoms with van der Waals surface area (Å²) in [4.78, 5) is 21.3. The van der Waals surface area contributed by atoms with E-state index in [9.17, 15) is 9.59 Å². The molecule has 32 heavy (non-hydrogen) atoms. The standard InChI is InChI=1S/C19H36O4.C5H11NO2S/c1-2-3-4-5-6-7-8-9-10-11-12-13-14-15-19(22)23-17-18(21)16-20;1-9-3-2-4(6)5(7)8/h14-15,18,20-21H,2-13,16-17H2,1H3;4H,2-3,6H2,1H3,(H,7,8)/t;4-/m.0/s1. The molecule has 190 valence electrons. The van der Waals surface area contributed by atoms with Gasteiger partial charge in [0, 0.05) is 6.08 Å². The van der Waals surface area contributed by atoms with Gasteiger partial charge in [-0.25, -0.2) is 4.79 Å². The van der Waals surface area contributed by atoms with Gasteiger partial charge in [0.15, 0.2) is 0 Å². The maximum absolute atomic E-state index is 11.3. The topological polar surface area (TPSA) is 130 Å². The Morgan fingerprint density at radius 3 is 2.00 bits per heavy atom. The lowest BCUT2D eigenvalue weighted by molar-refractivity contribution is -0.141. The van der Waals surface area contributed by atoms with E-state index < -0.39 is 30.7 Å². The third-order valence-corrected chi connectivity index (χ3v) is 5.45. The van der Waals surface area contributed by atoms with Gasteiger partial charge < -0.3 is 25.8 Å². The van der Waals surface area contributed by atoms with Crippen LogP contribution in [0.3, 0.4) is 0 Å². The molecule has 0 saturated carbocycles. The molecule has 0 amide bonds. The second-order valence-corrected chi connectivity index (χ2v) is 8.90. The van der Waals surface area contributed by atoms with Gasteiger partial charge in [0.05, 0.1) is 6.61 Å². The molecule has 0 heterocycles. The number of rotatable bonds is 20. The molecule has 0 spiro atoms. The van der Waals surface area contributed by atoms with Gasteiger partial charge in [0.1, 0.15) is 18.8 Å². The Morgan fingerprint density at radius 1 is 1.00 bits per heavy atom. The van der Waals surface area contributed by atoms with Gasteiger partial charge in [-0.15, -0.1) is 0 Å². The van der Waals surface area contributed by atoms with E-state index in [2.05, 4.69) is 6.92 Å². The van der Waals surface area contributed by atoms with E-state index in [0.717, 1.165) is 18.6 Å². The third-order valence-electron chi connectivity index (χ3n) is 4.81. The summed E-state index contributed by atoms with van der Waals surface area (Å²) in [6.45, 7) is 1.70. The van der Waals surface area contributed by atoms with E-state index in [0.29, 0.717) is 6.42 Å². The lowest BCUT2D eigenvalue weighted by Gasteiger charge is -2.06. The Kier molecular flexibility index (Phi) is 27.1. The van der Waals surface area contributed by atoms with Crippen LogP contribution in [0.15, 0.2) is 12.2 Å². The number of hydrogen-bond acceptors (Lipinski definition) is 7. The Hall–Kier alpha value is -1.09. The molecule has 0 bridgehead atoms. The Morgan fingerprint density at radius 2 is 1.53 bits per heavy atom. The normalized spacial score (nSPS) is 12.8. The number of carboxylic acids is 1. The Labute approximate surface area is 199 Å². The molecule has 1 unspecified atom stereocenters. The first kappa shape index (κ1) is 33.1. The van der Waals surface area contributed by atoms with Crippen molar-refractivity contribution < 1.29 is 29.6 Å². The van der Waals surface area contributed by atoms with Crippen molar-refractivity contribution in [3.8, 4) is 0 Å². The molecule has 0 fully saturated rings. The van der Waals surface area contributed by atoms with Crippen LogP contribution in [-0.4, -0.2) is 64.6 Å². The number of esters is 1. The largest absolute Gasteiger partial charge is 0.480 e. The highest BCUT2D eigenvalue weighted by atomic mass is 32.2. The van der Waals surface area contributed by atoms with Gasteiger partial charge in [-0.3, -0.25) is 4.79 Å². The molecule has 7 nitrogen and oxygen atoms in total. The number of aliphatic hydroxyl groups excluding tert-OH is 2. The summed E-state index contributed by atoms with van der Waals surface area (Å²) >= 11 is 1.60. The Balaban J connectivity index is 0. The maximum atomic E-state index is 11.3. The van der Waals surface area contributed by atoms with Crippen molar-refractivity contribution in [3.05, 3.63) is 12.2 Å². The van der Waals surface area contributed by atoms with E-state index in [1.165, 1.54) is 70.3 Å². The smallest absolute Gasteiger partial charge is 0.330 e. The summed E-state index contributed by atoms with van der Waals surface area (Å²) in [5.74, 6) is -0.558. The number of aliphatic carboxylic acids is 1. The Bertz CT molecular complexity index is 462. The fraction of sp³-hybridized carbons (Fsp3) is 0.833. The van der Waals surface area contributed by atoms with Crippen molar-refractivity contribution in [1.82, 2.24) is 0 Å². The van der Waals surface area contributed by atoms with E-state index in [1.807, 2.05) is 12.3 Å². The van der Waals surface area contributed by atoms with Crippen LogP contribution in [0.4, 0.5) is 0 Å². The van der Waals surface area contributed by atoms with Crippen molar-refractivity contribution >= 4 is 23.7 Å². The fourth-order valence-corrected chi connectivity index (χ4v) is 3.24. The quantitative estimate of drug-likeness (QED) is 0.116. The lowest BCUT2D eigenvalue weighted by atomic mass is 10.1. The van der Waals surface area contributed by atoms with Crippen LogP contribution >= 0.6 is 11.8 Å². The molecule has 0 saturated heterocycles. The van der Waals surface area contributed by atoms with Gasteiger partial charge in [-0.2, -0.15) is 11.8 Å². The van der Waals surface area contributed by atoms with Crippen molar-refractivity contribution in [2.24, 2.45) is 5.73 Å². The summed E-state index contributed by atoms with van der Waals surface area (Å²) in [6, 6.07) is -0.683. The monoisotopic (exact) mass is 477 g/mol. The average Bonchev–Trinajstić information content (AvgIpc) is 2.79. The van der Waals surface area contributed by atoms with E-state index in [-0.39, 0.29) is 6.61 Å². The highest BCUT2D eigenvalue weighted by molar-refractivity contribution is 7.98. The molecular weight excluding hydrogens is 430 g/mol. The first-order valence-corrected chi connectivity index (χ1v) is 13.4. The molecule has 0 aliphatic carbocycles. The van der Waals surface area contributed by atoms with Crippen LogP contribution in [-0.2, 0) is 14.3 Å².